The summed E-state index contributed by atoms with van der Waals surface area (Å²) in [5.41, 5.74) is 1.83. The van der Waals surface area contributed by atoms with Crippen molar-refractivity contribution in [3.63, 3.8) is 0 Å². The van der Waals surface area contributed by atoms with Gasteiger partial charge in [0.2, 0.25) is 0 Å². The molecule has 2 aromatic rings. The molecule has 0 aliphatic carbocycles. The molecule has 0 saturated carbocycles. The second-order valence-corrected chi connectivity index (χ2v) is 5.16. The van der Waals surface area contributed by atoms with Crippen molar-refractivity contribution in [1.29, 1.82) is 0 Å². The molecule has 0 atom stereocenters. The van der Waals surface area contributed by atoms with Crippen LogP contribution in [0.3, 0.4) is 0 Å². The molecule has 1 aliphatic heterocycles. The first-order valence-corrected chi connectivity index (χ1v) is 6.50. The molecule has 0 unspecified atom stereocenters. The van der Waals surface area contributed by atoms with Gasteiger partial charge < -0.3 is 15.2 Å². The minimum Gasteiger partial charge on any atom is -0.497 e. The summed E-state index contributed by atoms with van der Waals surface area (Å²) in [5, 5.41) is 12.4. The Morgan fingerprint density at radius 3 is 2.84 bits per heavy atom. The van der Waals surface area contributed by atoms with Gasteiger partial charge in [0.15, 0.2) is 0 Å². The number of hydrogen-bond donors (Lipinski definition) is 2. The fourth-order valence-corrected chi connectivity index (χ4v) is 3.04. The first-order chi connectivity index (χ1) is 9.19. The van der Waals surface area contributed by atoms with Crippen LogP contribution in [0.15, 0.2) is 46.2 Å². The van der Waals surface area contributed by atoms with Gasteiger partial charge in [-0.1, -0.05) is 17.8 Å². The van der Waals surface area contributed by atoms with Crippen molar-refractivity contribution in [2.24, 2.45) is 0 Å². The highest BCUT2D eigenvalue weighted by atomic mass is 32.2. The van der Waals surface area contributed by atoms with E-state index in [2.05, 4.69) is 5.32 Å². The lowest BCUT2D eigenvalue weighted by Crippen LogP contribution is -2.07. The van der Waals surface area contributed by atoms with Gasteiger partial charge in [0.25, 0.3) is 0 Å². The van der Waals surface area contributed by atoms with Crippen molar-refractivity contribution < 1.29 is 14.6 Å². The van der Waals surface area contributed by atoms with Crippen LogP contribution in [-0.4, -0.2) is 18.2 Å². The summed E-state index contributed by atoms with van der Waals surface area (Å²) in [5.74, 6) is -0.146. The maximum atomic E-state index is 11.2. The first-order valence-electron chi connectivity index (χ1n) is 5.68. The third-order valence-corrected chi connectivity index (χ3v) is 4.04. The van der Waals surface area contributed by atoms with Crippen molar-refractivity contribution in [2.45, 2.75) is 9.79 Å². The van der Waals surface area contributed by atoms with Gasteiger partial charge in [0.05, 0.1) is 24.0 Å². The molecule has 2 aromatic carbocycles. The predicted octanol–water partition coefficient (Wildman–Crippen LogP) is 3.60. The molecule has 4 nitrogen and oxygen atoms in total. The molecule has 96 valence electrons. The fraction of sp³-hybridized carbons (Fsp3) is 0.0714. The molecule has 0 fully saturated rings. The van der Waals surface area contributed by atoms with Gasteiger partial charge in [0, 0.05) is 9.79 Å². The lowest BCUT2D eigenvalue weighted by atomic mass is 10.1. The Morgan fingerprint density at radius 1 is 1.26 bits per heavy atom. The van der Waals surface area contributed by atoms with Gasteiger partial charge >= 0.3 is 5.97 Å². The second-order valence-electron chi connectivity index (χ2n) is 4.07. The smallest absolute Gasteiger partial charge is 0.337 e. The molecule has 1 aliphatic rings. The number of nitrogens with one attached hydrogen (secondary N) is 1. The van der Waals surface area contributed by atoms with Crippen molar-refractivity contribution >= 4 is 29.1 Å². The average Bonchev–Trinajstić information content (AvgIpc) is 2.43. The normalized spacial score (nSPS) is 12.1. The molecule has 19 heavy (non-hydrogen) atoms. The highest BCUT2D eigenvalue weighted by molar-refractivity contribution is 7.99. The number of aromatic carboxylic acids is 1. The van der Waals surface area contributed by atoms with E-state index in [4.69, 9.17) is 4.74 Å². The van der Waals surface area contributed by atoms with Crippen LogP contribution < -0.4 is 10.1 Å². The van der Waals surface area contributed by atoms with Crippen molar-refractivity contribution in [3.05, 3.63) is 42.0 Å². The molecule has 0 saturated heterocycles. The van der Waals surface area contributed by atoms with Crippen LogP contribution in [0, 0.1) is 0 Å². The first kappa shape index (κ1) is 11.9. The fourth-order valence-electron chi connectivity index (χ4n) is 1.99. The van der Waals surface area contributed by atoms with Crippen molar-refractivity contribution in [2.75, 3.05) is 12.4 Å². The minimum absolute atomic E-state index is 0.284. The summed E-state index contributed by atoms with van der Waals surface area (Å²) >= 11 is 1.54. The molecule has 5 heteroatoms. The minimum atomic E-state index is -0.929. The Labute approximate surface area is 114 Å². The van der Waals surface area contributed by atoms with Crippen molar-refractivity contribution in [1.82, 2.24) is 0 Å². The quantitative estimate of drug-likeness (QED) is 0.747. The summed E-state index contributed by atoms with van der Waals surface area (Å²) in [4.78, 5) is 13.1. The lowest BCUT2D eigenvalue weighted by molar-refractivity contribution is 0.0698. The summed E-state index contributed by atoms with van der Waals surface area (Å²) < 4.78 is 5.19. The van der Waals surface area contributed by atoms with E-state index in [1.54, 1.807) is 19.2 Å². The zero-order chi connectivity index (χ0) is 13.4. The maximum absolute atomic E-state index is 11.2. The van der Waals surface area contributed by atoms with E-state index in [0.717, 1.165) is 21.2 Å². The topological polar surface area (TPSA) is 58.6 Å². The molecular formula is C14H11NO3S. The number of carbonyl (C=O) groups is 1. The summed E-state index contributed by atoms with van der Waals surface area (Å²) in [6.07, 6.45) is 0. The Balaban J connectivity index is 2.08. The Bertz CT molecular complexity index is 670. The molecule has 2 N–H and O–H groups in total. The number of carboxylic acid groups (broad SMARTS) is 1. The van der Waals surface area contributed by atoms with E-state index in [-0.39, 0.29) is 5.56 Å². The molecular weight excluding hydrogens is 262 g/mol. The number of methoxy groups -OCH3 is 1. The zero-order valence-electron chi connectivity index (χ0n) is 10.1. The molecule has 0 radical (unpaired) electrons. The molecule has 3 rings (SSSR count). The number of para-hydroxylation sites is 1. The number of anilines is 2. The van der Waals surface area contributed by atoms with E-state index in [1.807, 2.05) is 24.3 Å². The van der Waals surface area contributed by atoms with E-state index in [1.165, 1.54) is 11.8 Å². The van der Waals surface area contributed by atoms with Crippen LogP contribution in [0.5, 0.6) is 5.75 Å². The van der Waals surface area contributed by atoms with Crippen LogP contribution in [0.4, 0.5) is 11.4 Å². The van der Waals surface area contributed by atoms with Crippen LogP contribution in [-0.2, 0) is 0 Å². The van der Waals surface area contributed by atoms with Gasteiger partial charge in [-0.05, 0) is 30.3 Å². The predicted molar refractivity (Wildman–Crippen MR) is 73.8 cm³/mol. The van der Waals surface area contributed by atoms with Crippen LogP contribution in [0.1, 0.15) is 10.4 Å². The summed E-state index contributed by atoms with van der Waals surface area (Å²) in [6, 6.07) is 10.9. The lowest BCUT2D eigenvalue weighted by Gasteiger charge is -2.22. The standard InChI is InChI=1S/C14H11NO3S/c1-18-8-5-6-10-12(7-8)19-11-4-2-3-9(14(16)17)13(11)15-10/h2-7,15H,1H3,(H,16,17). The van der Waals surface area contributed by atoms with Crippen LogP contribution in [0.25, 0.3) is 0 Å². The van der Waals surface area contributed by atoms with Gasteiger partial charge in [-0.3, -0.25) is 0 Å². The number of carboxylic acids is 1. The molecule has 0 spiro atoms. The molecule has 0 bridgehead atoms. The monoisotopic (exact) mass is 273 g/mol. The summed E-state index contributed by atoms with van der Waals surface area (Å²) in [7, 11) is 1.62. The number of ether oxygens (including phenoxy) is 1. The zero-order valence-corrected chi connectivity index (χ0v) is 11.0. The molecule has 0 amide bonds. The largest absolute Gasteiger partial charge is 0.497 e. The van der Waals surface area contributed by atoms with Crippen molar-refractivity contribution in [3.8, 4) is 5.75 Å². The van der Waals surface area contributed by atoms with Gasteiger partial charge in [-0.15, -0.1) is 0 Å². The highest BCUT2D eigenvalue weighted by Gasteiger charge is 2.21. The third-order valence-electron chi connectivity index (χ3n) is 2.92. The number of benzene rings is 2. The highest BCUT2D eigenvalue weighted by Crippen LogP contribution is 2.46. The summed E-state index contributed by atoms with van der Waals surface area (Å²) in [6.45, 7) is 0. The van der Waals surface area contributed by atoms with Crippen LogP contribution >= 0.6 is 11.8 Å². The van der Waals surface area contributed by atoms with E-state index < -0.39 is 5.97 Å². The molecule has 0 aromatic heterocycles. The SMILES string of the molecule is COc1ccc2c(c1)Sc1cccc(C(=O)O)c1N2. The number of hydrogen-bond acceptors (Lipinski definition) is 4. The Morgan fingerprint density at radius 2 is 2.11 bits per heavy atom. The van der Waals surface area contributed by atoms with Gasteiger partial charge in [-0.2, -0.15) is 0 Å². The molecule has 1 heterocycles. The van der Waals surface area contributed by atoms with E-state index in [0.29, 0.717) is 5.69 Å². The number of fused-ring (bicyclic) bond motifs is 2. The Hall–Kier alpha value is -2.14. The van der Waals surface area contributed by atoms with E-state index in [9.17, 15) is 9.90 Å². The van der Waals surface area contributed by atoms with E-state index >= 15 is 0 Å². The average molecular weight is 273 g/mol. The second kappa shape index (κ2) is 4.51. The Kier molecular flexibility index (Phi) is 2.83. The number of rotatable bonds is 2. The van der Waals surface area contributed by atoms with Gasteiger partial charge in [0.1, 0.15) is 5.75 Å². The third kappa shape index (κ3) is 2.02. The maximum Gasteiger partial charge on any atom is 0.337 e. The van der Waals surface area contributed by atoms with Crippen LogP contribution in [0.2, 0.25) is 0 Å². The van der Waals surface area contributed by atoms with Gasteiger partial charge in [-0.25, -0.2) is 4.79 Å².